The molecule has 0 spiro atoms. The lowest BCUT2D eigenvalue weighted by Gasteiger charge is -2.20. The molecule has 29 heavy (non-hydrogen) atoms. The fraction of sp³-hybridized carbons (Fsp3) is 0.0741. The molecule has 2 heteroatoms. The van der Waals surface area contributed by atoms with Crippen molar-refractivity contribution < 1.29 is 0 Å². The molecular weight excluding hydrogens is 352 g/mol. The molecule has 1 N–H and O–H groups in total. The van der Waals surface area contributed by atoms with Crippen molar-refractivity contribution in [3.05, 3.63) is 109 Å². The number of anilines is 1. The van der Waals surface area contributed by atoms with Crippen LogP contribution in [-0.2, 0) is 0 Å². The van der Waals surface area contributed by atoms with E-state index in [1.807, 2.05) is 6.20 Å². The third-order valence-electron chi connectivity index (χ3n) is 5.51. The van der Waals surface area contributed by atoms with Gasteiger partial charge in [-0.05, 0) is 40.8 Å². The Labute approximate surface area is 170 Å². The molecule has 1 aromatic heterocycles. The van der Waals surface area contributed by atoms with Crippen molar-refractivity contribution in [2.24, 2.45) is 0 Å². The van der Waals surface area contributed by atoms with Crippen molar-refractivity contribution in [3.8, 4) is 11.3 Å². The van der Waals surface area contributed by atoms with E-state index in [1.165, 1.54) is 27.1 Å². The minimum atomic E-state index is 0.186. The van der Waals surface area contributed by atoms with Crippen molar-refractivity contribution in [1.82, 2.24) is 4.98 Å². The zero-order valence-corrected chi connectivity index (χ0v) is 16.3. The maximum atomic E-state index is 4.83. The van der Waals surface area contributed by atoms with Crippen molar-refractivity contribution in [3.63, 3.8) is 0 Å². The lowest BCUT2D eigenvalue weighted by Crippen LogP contribution is -2.08. The average Bonchev–Trinajstić information content (AvgIpc) is 2.79. The SMILES string of the molecule is CC(Nc1ccc2ccccc2c1-c1nccc2ccccc12)c1ccccc1. The van der Waals surface area contributed by atoms with Gasteiger partial charge in [-0.2, -0.15) is 0 Å². The Morgan fingerprint density at radius 2 is 1.31 bits per heavy atom. The highest BCUT2D eigenvalue weighted by molar-refractivity contribution is 6.08. The second kappa shape index (κ2) is 7.40. The summed E-state index contributed by atoms with van der Waals surface area (Å²) in [6, 6.07) is 34.2. The maximum Gasteiger partial charge on any atom is 0.0807 e. The van der Waals surface area contributed by atoms with Crippen LogP contribution in [0, 0.1) is 0 Å². The van der Waals surface area contributed by atoms with Crippen molar-refractivity contribution >= 4 is 27.2 Å². The van der Waals surface area contributed by atoms with Crippen LogP contribution >= 0.6 is 0 Å². The third kappa shape index (κ3) is 3.23. The lowest BCUT2D eigenvalue weighted by atomic mass is 9.95. The topological polar surface area (TPSA) is 24.9 Å². The largest absolute Gasteiger partial charge is 0.378 e. The molecule has 0 fully saturated rings. The lowest BCUT2D eigenvalue weighted by molar-refractivity contribution is 0.885. The Hall–Kier alpha value is -3.65. The molecule has 0 bridgehead atoms. The zero-order chi connectivity index (χ0) is 19.6. The van der Waals surface area contributed by atoms with Crippen LogP contribution in [0.1, 0.15) is 18.5 Å². The van der Waals surface area contributed by atoms with E-state index in [2.05, 4.69) is 109 Å². The van der Waals surface area contributed by atoms with Crippen molar-refractivity contribution in [1.29, 1.82) is 0 Å². The van der Waals surface area contributed by atoms with Gasteiger partial charge >= 0.3 is 0 Å². The highest BCUT2D eigenvalue weighted by Gasteiger charge is 2.16. The van der Waals surface area contributed by atoms with Gasteiger partial charge in [0, 0.05) is 28.9 Å². The van der Waals surface area contributed by atoms with Crippen LogP contribution in [0.2, 0.25) is 0 Å². The molecule has 0 radical (unpaired) electrons. The van der Waals surface area contributed by atoms with Crippen LogP contribution < -0.4 is 5.32 Å². The maximum absolute atomic E-state index is 4.83. The van der Waals surface area contributed by atoms with Crippen LogP contribution in [0.15, 0.2) is 103 Å². The molecule has 1 atom stereocenters. The first-order chi connectivity index (χ1) is 14.3. The summed E-state index contributed by atoms with van der Waals surface area (Å²) >= 11 is 0. The summed E-state index contributed by atoms with van der Waals surface area (Å²) in [7, 11) is 0. The highest BCUT2D eigenvalue weighted by Crippen LogP contribution is 2.39. The van der Waals surface area contributed by atoms with E-state index in [0.29, 0.717) is 0 Å². The van der Waals surface area contributed by atoms with Crippen LogP contribution in [-0.4, -0.2) is 4.98 Å². The molecule has 1 unspecified atom stereocenters. The summed E-state index contributed by atoms with van der Waals surface area (Å²) in [5.41, 5.74) is 4.53. The first-order valence-electron chi connectivity index (χ1n) is 9.98. The van der Waals surface area contributed by atoms with E-state index < -0.39 is 0 Å². The molecule has 5 rings (SSSR count). The Balaban J connectivity index is 1.73. The molecule has 0 saturated heterocycles. The Morgan fingerprint density at radius 1 is 0.655 bits per heavy atom. The summed E-state index contributed by atoms with van der Waals surface area (Å²) in [5, 5.41) is 8.54. The minimum Gasteiger partial charge on any atom is -0.378 e. The number of aromatic nitrogens is 1. The second-order valence-electron chi connectivity index (χ2n) is 7.37. The fourth-order valence-electron chi connectivity index (χ4n) is 4.02. The van der Waals surface area contributed by atoms with Crippen LogP contribution in [0.3, 0.4) is 0 Å². The number of benzene rings is 4. The van der Waals surface area contributed by atoms with Crippen molar-refractivity contribution in [2.45, 2.75) is 13.0 Å². The van der Waals surface area contributed by atoms with Gasteiger partial charge in [-0.1, -0.05) is 84.9 Å². The van der Waals surface area contributed by atoms with E-state index in [9.17, 15) is 0 Å². The molecule has 2 nitrogen and oxygen atoms in total. The van der Waals surface area contributed by atoms with E-state index in [0.717, 1.165) is 16.9 Å². The fourth-order valence-corrected chi connectivity index (χ4v) is 4.02. The van der Waals surface area contributed by atoms with E-state index in [1.54, 1.807) is 0 Å². The number of nitrogens with zero attached hydrogens (tertiary/aromatic N) is 1. The van der Waals surface area contributed by atoms with Gasteiger partial charge in [0.1, 0.15) is 0 Å². The molecule has 0 aliphatic carbocycles. The normalized spacial score (nSPS) is 12.2. The van der Waals surface area contributed by atoms with Gasteiger partial charge in [-0.25, -0.2) is 0 Å². The standard InChI is InChI=1S/C27H22N2/c1-19(20-9-3-2-4-10-20)29-25-16-15-21-11-5-7-13-23(21)26(25)27-24-14-8-6-12-22(24)17-18-28-27/h2-19,29H,1H3. The third-order valence-corrected chi connectivity index (χ3v) is 5.51. The summed E-state index contributed by atoms with van der Waals surface area (Å²) < 4.78 is 0. The molecule has 0 saturated carbocycles. The van der Waals surface area contributed by atoms with E-state index in [4.69, 9.17) is 4.98 Å². The number of rotatable bonds is 4. The summed E-state index contributed by atoms with van der Waals surface area (Å²) in [6.07, 6.45) is 1.91. The Kier molecular flexibility index (Phi) is 4.45. The van der Waals surface area contributed by atoms with Gasteiger partial charge in [0.2, 0.25) is 0 Å². The van der Waals surface area contributed by atoms with Crippen LogP contribution in [0.25, 0.3) is 32.8 Å². The smallest absolute Gasteiger partial charge is 0.0807 e. The quantitative estimate of drug-likeness (QED) is 0.359. The van der Waals surface area contributed by atoms with Crippen LogP contribution in [0.4, 0.5) is 5.69 Å². The molecular formula is C27H22N2. The van der Waals surface area contributed by atoms with E-state index >= 15 is 0 Å². The van der Waals surface area contributed by atoms with Gasteiger partial charge < -0.3 is 5.32 Å². The number of nitrogens with one attached hydrogen (secondary N) is 1. The monoisotopic (exact) mass is 374 g/mol. The average molecular weight is 374 g/mol. The summed E-state index contributed by atoms with van der Waals surface area (Å²) in [5.74, 6) is 0. The van der Waals surface area contributed by atoms with Gasteiger partial charge in [0.15, 0.2) is 0 Å². The van der Waals surface area contributed by atoms with Gasteiger partial charge in [0.25, 0.3) is 0 Å². The first-order valence-corrected chi connectivity index (χ1v) is 9.98. The molecule has 1 heterocycles. The Bertz CT molecular complexity index is 1290. The zero-order valence-electron chi connectivity index (χ0n) is 16.3. The van der Waals surface area contributed by atoms with E-state index in [-0.39, 0.29) is 6.04 Å². The Morgan fingerprint density at radius 3 is 2.10 bits per heavy atom. The minimum absolute atomic E-state index is 0.186. The van der Waals surface area contributed by atoms with Gasteiger partial charge in [-0.3, -0.25) is 4.98 Å². The van der Waals surface area contributed by atoms with Crippen molar-refractivity contribution in [2.75, 3.05) is 5.32 Å². The first kappa shape index (κ1) is 17.4. The molecule has 0 aliphatic rings. The summed E-state index contributed by atoms with van der Waals surface area (Å²) in [4.78, 5) is 4.83. The number of pyridine rings is 1. The second-order valence-corrected chi connectivity index (χ2v) is 7.37. The summed E-state index contributed by atoms with van der Waals surface area (Å²) in [6.45, 7) is 2.20. The van der Waals surface area contributed by atoms with Gasteiger partial charge in [-0.15, -0.1) is 0 Å². The number of hydrogen-bond acceptors (Lipinski definition) is 2. The molecule has 140 valence electrons. The van der Waals surface area contributed by atoms with Gasteiger partial charge in [0.05, 0.1) is 5.69 Å². The molecule has 4 aromatic carbocycles. The van der Waals surface area contributed by atoms with Crippen LogP contribution in [0.5, 0.6) is 0 Å². The highest BCUT2D eigenvalue weighted by atomic mass is 14.9. The molecule has 0 aliphatic heterocycles. The predicted molar refractivity (Wildman–Crippen MR) is 123 cm³/mol. The molecule has 5 aromatic rings. The number of fused-ring (bicyclic) bond motifs is 2. The number of hydrogen-bond donors (Lipinski definition) is 1. The predicted octanol–water partition coefficient (Wildman–Crippen LogP) is 7.23. The molecule has 0 amide bonds.